The molecule has 0 radical (unpaired) electrons. The van der Waals surface area contributed by atoms with Crippen molar-refractivity contribution in [2.24, 2.45) is 0 Å². The molecule has 0 saturated carbocycles. The van der Waals surface area contributed by atoms with E-state index in [1.165, 1.54) is 0 Å². The van der Waals surface area contributed by atoms with Gasteiger partial charge in [-0.25, -0.2) is 0 Å². The van der Waals surface area contributed by atoms with Crippen LogP contribution in [0.3, 0.4) is 0 Å². The van der Waals surface area contributed by atoms with Crippen molar-refractivity contribution in [2.45, 2.75) is 0 Å². The second-order valence-corrected chi connectivity index (χ2v) is 12.3. The standard InChI is InChI=1S/C44H24N4O/c45-25-27-17-20-39(47-36-13-5-1-9-29(36)30-10-2-6-14-37(30)47)34(23-27)35-24-28(26-46)18-21-40(35)48-38-15-7-3-11-31(38)32-19-22-42-43(44(32)48)33-12-4-8-16-41(33)49-42/h1-24H. The molecule has 5 nitrogen and oxygen atoms in total. The summed E-state index contributed by atoms with van der Waals surface area (Å²) in [4.78, 5) is 0. The zero-order valence-electron chi connectivity index (χ0n) is 26.1. The first kappa shape index (κ1) is 27.1. The van der Waals surface area contributed by atoms with Crippen molar-refractivity contribution in [2.75, 3.05) is 0 Å². The van der Waals surface area contributed by atoms with Crippen molar-refractivity contribution < 1.29 is 4.42 Å². The largest absolute Gasteiger partial charge is 0.456 e. The van der Waals surface area contributed by atoms with Gasteiger partial charge in [-0.05, 0) is 72.8 Å². The maximum Gasteiger partial charge on any atom is 0.137 e. The number of nitriles is 2. The number of para-hydroxylation sites is 4. The molecular formula is C44H24N4O. The van der Waals surface area contributed by atoms with Gasteiger partial charge in [0.25, 0.3) is 0 Å². The first-order chi connectivity index (χ1) is 24.2. The molecule has 3 aromatic heterocycles. The van der Waals surface area contributed by atoms with Crippen LogP contribution in [0, 0.1) is 22.7 Å². The van der Waals surface area contributed by atoms with Gasteiger partial charge in [0.15, 0.2) is 0 Å². The monoisotopic (exact) mass is 624 g/mol. The summed E-state index contributed by atoms with van der Waals surface area (Å²) in [5.74, 6) is 0. The fourth-order valence-corrected chi connectivity index (χ4v) is 7.73. The lowest BCUT2D eigenvalue weighted by Gasteiger charge is -2.19. The van der Waals surface area contributed by atoms with Gasteiger partial charge in [-0.15, -0.1) is 0 Å². The van der Waals surface area contributed by atoms with Crippen LogP contribution in [0.25, 0.3) is 88.1 Å². The fraction of sp³-hybridized carbons (Fsp3) is 0. The Balaban J connectivity index is 1.38. The molecule has 10 rings (SSSR count). The van der Waals surface area contributed by atoms with E-state index in [0.29, 0.717) is 11.1 Å². The molecule has 0 N–H and O–H groups in total. The molecule has 0 amide bonds. The lowest BCUT2D eigenvalue weighted by Crippen LogP contribution is -2.02. The van der Waals surface area contributed by atoms with Crippen LogP contribution in [0.4, 0.5) is 0 Å². The maximum absolute atomic E-state index is 10.2. The average molecular weight is 625 g/mol. The highest BCUT2D eigenvalue weighted by atomic mass is 16.3. The quantitative estimate of drug-likeness (QED) is 0.196. The Labute approximate surface area is 280 Å². The van der Waals surface area contributed by atoms with Crippen LogP contribution in [-0.4, -0.2) is 9.13 Å². The molecule has 0 aliphatic heterocycles. The third kappa shape index (κ3) is 3.79. The fourth-order valence-electron chi connectivity index (χ4n) is 7.73. The summed E-state index contributed by atoms with van der Waals surface area (Å²) in [6.45, 7) is 0. The minimum Gasteiger partial charge on any atom is -0.456 e. The van der Waals surface area contributed by atoms with E-state index in [0.717, 1.165) is 88.1 Å². The highest BCUT2D eigenvalue weighted by Crippen LogP contribution is 2.44. The van der Waals surface area contributed by atoms with E-state index in [1.807, 2.05) is 54.6 Å². The van der Waals surface area contributed by atoms with Gasteiger partial charge in [0, 0.05) is 38.1 Å². The van der Waals surface area contributed by atoms with E-state index in [2.05, 4.69) is 112 Å². The van der Waals surface area contributed by atoms with E-state index >= 15 is 0 Å². The molecule has 5 heteroatoms. The topological polar surface area (TPSA) is 70.6 Å². The molecule has 0 unspecified atom stereocenters. The second kappa shape index (κ2) is 10.2. The van der Waals surface area contributed by atoms with Gasteiger partial charge in [0.1, 0.15) is 11.2 Å². The summed E-state index contributed by atoms with van der Waals surface area (Å²) in [6.07, 6.45) is 0. The van der Waals surface area contributed by atoms with Crippen LogP contribution in [-0.2, 0) is 0 Å². The number of benzene rings is 7. The predicted molar refractivity (Wildman–Crippen MR) is 197 cm³/mol. The molecule has 3 heterocycles. The van der Waals surface area contributed by atoms with Gasteiger partial charge in [0.2, 0.25) is 0 Å². The number of nitrogens with zero attached hydrogens (tertiary/aromatic N) is 4. The average Bonchev–Trinajstić information content (AvgIpc) is 3.82. The third-order valence-corrected chi connectivity index (χ3v) is 9.78. The summed E-state index contributed by atoms with van der Waals surface area (Å²) in [5.41, 5.74) is 10.4. The highest BCUT2D eigenvalue weighted by molar-refractivity contribution is 6.24. The van der Waals surface area contributed by atoms with Crippen LogP contribution in [0.15, 0.2) is 150 Å². The Hall–Kier alpha value is -7.08. The lowest BCUT2D eigenvalue weighted by molar-refractivity contribution is 0.669. The van der Waals surface area contributed by atoms with Crippen molar-refractivity contribution >= 4 is 65.6 Å². The third-order valence-electron chi connectivity index (χ3n) is 9.78. The SMILES string of the molecule is N#Cc1ccc(-n2c3ccccc3c3ccccc32)c(-c2cc(C#N)ccc2-n2c3ccccc3c3ccc4oc5ccccc5c4c32)c1. The number of rotatable bonds is 3. The minimum atomic E-state index is 0.536. The predicted octanol–water partition coefficient (Wildman–Crippen LogP) is 11.2. The molecule has 0 bridgehead atoms. The van der Waals surface area contributed by atoms with Crippen LogP contribution in [0.1, 0.15) is 11.1 Å². The van der Waals surface area contributed by atoms with E-state index in [-0.39, 0.29) is 0 Å². The molecule has 0 atom stereocenters. The number of fused-ring (bicyclic) bond motifs is 10. The molecule has 0 spiro atoms. The molecule has 7 aromatic carbocycles. The summed E-state index contributed by atoms with van der Waals surface area (Å²) in [7, 11) is 0. The molecule has 0 saturated heterocycles. The molecule has 0 aliphatic rings. The number of furan rings is 1. The van der Waals surface area contributed by atoms with Crippen LogP contribution >= 0.6 is 0 Å². The summed E-state index contributed by atoms with van der Waals surface area (Å²) in [5, 5.41) is 27.0. The lowest BCUT2D eigenvalue weighted by atomic mass is 9.97. The van der Waals surface area contributed by atoms with E-state index < -0.39 is 0 Å². The van der Waals surface area contributed by atoms with E-state index in [4.69, 9.17) is 4.42 Å². The van der Waals surface area contributed by atoms with Gasteiger partial charge in [-0.3, -0.25) is 0 Å². The first-order valence-electron chi connectivity index (χ1n) is 16.1. The Morgan fingerprint density at radius 1 is 0.429 bits per heavy atom. The van der Waals surface area contributed by atoms with Crippen molar-refractivity contribution in [3.8, 4) is 34.6 Å². The molecule has 49 heavy (non-hydrogen) atoms. The number of hydrogen-bond donors (Lipinski definition) is 0. The summed E-state index contributed by atoms with van der Waals surface area (Å²) in [6, 6.07) is 54.1. The molecular weight excluding hydrogens is 601 g/mol. The van der Waals surface area contributed by atoms with Gasteiger partial charge in [-0.1, -0.05) is 72.8 Å². The second-order valence-electron chi connectivity index (χ2n) is 12.3. The number of aromatic nitrogens is 2. The minimum absolute atomic E-state index is 0.536. The smallest absolute Gasteiger partial charge is 0.137 e. The van der Waals surface area contributed by atoms with Crippen molar-refractivity contribution in [1.29, 1.82) is 10.5 Å². The Kier molecular flexibility index (Phi) is 5.64. The molecule has 0 aliphatic carbocycles. The zero-order valence-corrected chi connectivity index (χ0v) is 26.1. The van der Waals surface area contributed by atoms with Crippen LogP contribution in [0.2, 0.25) is 0 Å². The van der Waals surface area contributed by atoms with Gasteiger partial charge >= 0.3 is 0 Å². The normalized spacial score (nSPS) is 11.6. The maximum atomic E-state index is 10.2. The zero-order chi connectivity index (χ0) is 32.6. The van der Waals surface area contributed by atoms with Crippen molar-refractivity contribution in [3.63, 3.8) is 0 Å². The van der Waals surface area contributed by atoms with Gasteiger partial charge < -0.3 is 13.6 Å². The van der Waals surface area contributed by atoms with Crippen LogP contribution in [0.5, 0.6) is 0 Å². The molecule has 226 valence electrons. The molecule has 0 fully saturated rings. The molecule has 10 aromatic rings. The van der Waals surface area contributed by atoms with E-state index in [1.54, 1.807) is 0 Å². The van der Waals surface area contributed by atoms with Crippen molar-refractivity contribution in [3.05, 3.63) is 157 Å². The Morgan fingerprint density at radius 3 is 1.51 bits per heavy atom. The summed E-state index contributed by atoms with van der Waals surface area (Å²) >= 11 is 0. The highest BCUT2D eigenvalue weighted by Gasteiger charge is 2.23. The van der Waals surface area contributed by atoms with Gasteiger partial charge in [-0.2, -0.15) is 10.5 Å². The summed E-state index contributed by atoms with van der Waals surface area (Å²) < 4.78 is 11.0. The van der Waals surface area contributed by atoms with E-state index in [9.17, 15) is 10.5 Å². The number of hydrogen-bond acceptors (Lipinski definition) is 3. The van der Waals surface area contributed by atoms with Crippen LogP contribution < -0.4 is 0 Å². The van der Waals surface area contributed by atoms with Crippen molar-refractivity contribution in [1.82, 2.24) is 9.13 Å². The Morgan fingerprint density at radius 2 is 0.918 bits per heavy atom. The first-order valence-corrected chi connectivity index (χ1v) is 16.1. The Bertz CT molecular complexity index is 3030. The van der Waals surface area contributed by atoms with Gasteiger partial charge in [0.05, 0.1) is 62.1 Å².